The molecule has 1 fully saturated rings. The largest absolute Gasteiger partial charge is 0.331 e. The molecule has 1 aromatic carbocycles. The average Bonchev–Trinajstić information content (AvgIpc) is 2.99. The van der Waals surface area contributed by atoms with Crippen molar-refractivity contribution in [3.63, 3.8) is 0 Å². The predicted molar refractivity (Wildman–Crippen MR) is 89.7 cm³/mol. The van der Waals surface area contributed by atoms with Gasteiger partial charge in [0.25, 0.3) is 5.91 Å². The van der Waals surface area contributed by atoms with E-state index in [1.54, 1.807) is 24.0 Å². The monoisotopic (exact) mass is 369 g/mol. The fourth-order valence-electron chi connectivity index (χ4n) is 3.25. The maximum absolute atomic E-state index is 12.8. The number of hydrogen-bond acceptors (Lipinski definition) is 3. The summed E-state index contributed by atoms with van der Waals surface area (Å²) in [6.07, 6.45) is 0.261. The van der Waals surface area contributed by atoms with Gasteiger partial charge >= 0.3 is 6.03 Å². The molecule has 0 aliphatic carbocycles. The van der Waals surface area contributed by atoms with Crippen LogP contribution in [-0.4, -0.2) is 28.8 Å². The first-order chi connectivity index (χ1) is 11.3. The summed E-state index contributed by atoms with van der Waals surface area (Å²) in [6.45, 7) is 4.15. The lowest BCUT2D eigenvalue weighted by Gasteiger charge is -2.26. The summed E-state index contributed by atoms with van der Waals surface area (Å²) >= 11 is 12.1. The standard InChI is InChI=1S/C16H17Cl2N3O3/c1-7(3-13-14(22)20-16(24)19-13)15(23)21-6-9-4-11(17)12(18)5-10(9)8(21)2/h4-5,7-8,13H,3,6H2,1-2H3,(H2,19,20,22,24). The summed E-state index contributed by atoms with van der Waals surface area (Å²) in [5.74, 6) is -0.863. The molecule has 4 amide bonds. The second-order valence-corrected chi connectivity index (χ2v) is 7.07. The lowest BCUT2D eigenvalue weighted by molar-refractivity contribution is -0.137. The minimum absolute atomic E-state index is 0.0695. The maximum Gasteiger partial charge on any atom is 0.322 e. The van der Waals surface area contributed by atoms with Crippen LogP contribution < -0.4 is 10.6 Å². The number of nitrogens with zero attached hydrogens (tertiary/aromatic N) is 1. The average molecular weight is 370 g/mol. The van der Waals surface area contributed by atoms with Gasteiger partial charge < -0.3 is 10.2 Å². The molecule has 2 aliphatic rings. The van der Waals surface area contributed by atoms with Crippen LogP contribution in [0, 0.1) is 5.92 Å². The van der Waals surface area contributed by atoms with E-state index < -0.39 is 23.9 Å². The predicted octanol–water partition coefficient (Wildman–Crippen LogP) is 2.63. The molecule has 1 aromatic rings. The van der Waals surface area contributed by atoms with Crippen molar-refractivity contribution in [1.82, 2.24) is 15.5 Å². The van der Waals surface area contributed by atoms with E-state index in [-0.39, 0.29) is 18.4 Å². The van der Waals surface area contributed by atoms with E-state index >= 15 is 0 Å². The zero-order valence-electron chi connectivity index (χ0n) is 13.2. The van der Waals surface area contributed by atoms with Gasteiger partial charge in [-0.3, -0.25) is 14.9 Å². The van der Waals surface area contributed by atoms with Crippen molar-refractivity contribution in [2.24, 2.45) is 5.92 Å². The van der Waals surface area contributed by atoms with E-state index in [0.717, 1.165) is 11.1 Å². The molecule has 2 N–H and O–H groups in total. The molecule has 1 saturated heterocycles. The molecule has 0 spiro atoms. The zero-order chi connectivity index (χ0) is 17.6. The SMILES string of the molecule is CC(CC1NC(=O)NC1=O)C(=O)N1Cc2cc(Cl)c(Cl)cc2C1C. The first-order valence-corrected chi connectivity index (χ1v) is 8.43. The number of carbonyl (C=O) groups excluding carboxylic acids is 3. The summed E-state index contributed by atoms with van der Waals surface area (Å²) in [5.41, 5.74) is 1.96. The Morgan fingerprint density at radius 2 is 2.00 bits per heavy atom. The first kappa shape index (κ1) is 17.0. The third kappa shape index (κ3) is 2.96. The molecule has 6 nitrogen and oxygen atoms in total. The van der Waals surface area contributed by atoms with Crippen LogP contribution in [0.5, 0.6) is 0 Å². The van der Waals surface area contributed by atoms with E-state index in [1.807, 2.05) is 6.92 Å². The molecule has 0 saturated carbocycles. The van der Waals surface area contributed by atoms with Crippen LogP contribution in [0.3, 0.4) is 0 Å². The van der Waals surface area contributed by atoms with Crippen molar-refractivity contribution in [2.75, 3.05) is 0 Å². The van der Waals surface area contributed by atoms with Crippen LogP contribution in [0.1, 0.15) is 37.4 Å². The summed E-state index contributed by atoms with van der Waals surface area (Å²) in [4.78, 5) is 37.3. The van der Waals surface area contributed by atoms with Gasteiger partial charge in [-0.15, -0.1) is 0 Å². The summed E-state index contributed by atoms with van der Waals surface area (Å²) in [5, 5.41) is 5.63. The van der Waals surface area contributed by atoms with Gasteiger partial charge in [-0.25, -0.2) is 4.79 Å². The van der Waals surface area contributed by atoms with Gasteiger partial charge in [0.05, 0.1) is 16.1 Å². The van der Waals surface area contributed by atoms with Gasteiger partial charge in [0.15, 0.2) is 0 Å². The molecule has 0 radical (unpaired) electrons. The Hall–Kier alpha value is -1.79. The Morgan fingerprint density at radius 3 is 2.62 bits per heavy atom. The van der Waals surface area contributed by atoms with Gasteiger partial charge in [-0.1, -0.05) is 30.1 Å². The lowest BCUT2D eigenvalue weighted by atomic mass is 9.99. The highest BCUT2D eigenvalue weighted by atomic mass is 35.5. The highest BCUT2D eigenvalue weighted by Gasteiger charge is 2.37. The third-order valence-corrected chi connectivity index (χ3v) is 5.32. The van der Waals surface area contributed by atoms with Crippen LogP contribution in [-0.2, 0) is 16.1 Å². The molecule has 24 heavy (non-hydrogen) atoms. The van der Waals surface area contributed by atoms with Gasteiger partial charge in [-0.05, 0) is 36.6 Å². The Bertz CT molecular complexity index is 738. The number of urea groups is 1. The van der Waals surface area contributed by atoms with Crippen LogP contribution in [0.25, 0.3) is 0 Å². The second-order valence-electron chi connectivity index (χ2n) is 6.26. The quantitative estimate of drug-likeness (QED) is 0.803. The third-order valence-electron chi connectivity index (χ3n) is 4.59. The highest BCUT2D eigenvalue weighted by molar-refractivity contribution is 6.42. The van der Waals surface area contributed by atoms with Gasteiger partial charge in [0.1, 0.15) is 6.04 Å². The number of rotatable bonds is 3. The van der Waals surface area contributed by atoms with Gasteiger partial charge in [0, 0.05) is 12.5 Å². The van der Waals surface area contributed by atoms with Crippen LogP contribution in [0.2, 0.25) is 10.0 Å². The molecule has 8 heteroatoms. The first-order valence-electron chi connectivity index (χ1n) is 7.67. The summed E-state index contributed by atoms with van der Waals surface area (Å²) in [6, 6.07) is 2.29. The lowest BCUT2D eigenvalue weighted by Crippen LogP contribution is -2.38. The molecule has 2 heterocycles. The van der Waals surface area contributed by atoms with E-state index in [9.17, 15) is 14.4 Å². The van der Waals surface area contributed by atoms with Crippen molar-refractivity contribution in [3.8, 4) is 0 Å². The minimum Gasteiger partial charge on any atom is -0.331 e. The molecule has 2 aliphatic heterocycles. The normalized spacial score (nSPS) is 23.8. The van der Waals surface area contributed by atoms with Crippen molar-refractivity contribution >= 4 is 41.0 Å². The number of amides is 4. The summed E-state index contributed by atoms with van der Waals surface area (Å²) in [7, 11) is 0. The number of imide groups is 1. The number of halogens is 2. The molecule has 3 atom stereocenters. The van der Waals surface area contributed by atoms with E-state index in [4.69, 9.17) is 23.2 Å². The number of nitrogens with one attached hydrogen (secondary N) is 2. The van der Waals surface area contributed by atoms with E-state index in [0.29, 0.717) is 16.6 Å². The van der Waals surface area contributed by atoms with Crippen molar-refractivity contribution < 1.29 is 14.4 Å². The van der Waals surface area contributed by atoms with Crippen molar-refractivity contribution in [2.45, 2.75) is 38.9 Å². The molecule has 0 aromatic heterocycles. The van der Waals surface area contributed by atoms with Crippen molar-refractivity contribution in [1.29, 1.82) is 0 Å². The van der Waals surface area contributed by atoms with Gasteiger partial charge in [-0.2, -0.15) is 0 Å². The Kier molecular flexibility index (Phi) is 4.44. The Labute approximate surface area is 149 Å². The molecule has 0 bridgehead atoms. The summed E-state index contributed by atoms with van der Waals surface area (Å²) < 4.78 is 0. The van der Waals surface area contributed by atoms with Crippen LogP contribution in [0.15, 0.2) is 12.1 Å². The number of fused-ring (bicyclic) bond motifs is 1. The Morgan fingerprint density at radius 1 is 1.33 bits per heavy atom. The van der Waals surface area contributed by atoms with Crippen LogP contribution >= 0.6 is 23.2 Å². The number of benzene rings is 1. The number of carbonyl (C=O) groups is 3. The topological polar surface area (TPSA) is 78.5 Å². The number of hydrogen-bond donors (Lipinski definition) is 2. The molecular weight excluding hydrogens is 353 g/mol. The fraction of sp³-hybridized carbons (Fsp3) is 0.438. The molecule has 3 unspecified atom stereocenters. The van der Waals surface area contributed by atoms with Crippen LogP contribution in [0.4, 0.5) is 4.79 Å². The fourth-order valence-corrected chi connectivity index (χ4v) is 3.61. The van der Waals surface area contributed by atoms with E-state index in [1.165, 1.54) is 0 Å². The van der Waals surface area contributed by atoms with Gasteiger partial charge in [0.2, 0.25) is 5.91 Å². The minimum atomic E-state index is -0.666. The van der Waals surface area contributed by atoms with E-state index in [2.05, 4.69) is 10.6 Å². The zero-order valence-corrected chi connectivity index (χ0v) is 14.7. The molecule has 3 rings (SSSR count). The van der Waals surface area contributed by atoms with Crippen molar-refractivity contribution in [3.05, 3.63) is 33.3 Å². The molecular formula is C16H17Cl2N3O3. The maximum atomic E-state index is 12.8. The highest BCUT2D eigenvalue weighted by Crippen LogP contribution is 2.39. The Balaban J connectivity index is 1.72. The molecule has 128 valence electrons. The second kappa shape index (κ2) is 6.26. The smallest absolute Gasteiger partial charge is 0.322 e.